The van der Waals surface area contributed by atoms with E-state index in [1.807, 2.05) is 23.1 Å². The first-order valence-corrected chi connectivity index (χ1v) is 7.92. The molecule has 0 aromatic carbocycles. The molecule has 0 radical (unpaired) electrons. The summed E-state index contributed by atoms with van der Waals surface area (Å²) in [4.78, 5) is 2.47. The van der Waals surface area contributed by atoms with Gasteiger partial charge in [0.25, 0.3) is 0 Å². The average Bonchev–Trinajstić information content (AvgIpc) is 3.03. The van der Waals surface area contributed by atoms with E-state index in [1.54, 1.807) is 0 Å². The molecule has 0 spiro atoms. The molecule has 1 aliphatic carbocycles. The molecule has 21 heavy (non-hydrogen) atoms. The van der Waals surface area contributed by atoms with Crippen LogP contribution < -0.4 is 0 Å². The van der Waals surface area contributed by atoms with E-state index in [0.717, 1.165) is 31.4 Å². The van der Waals surface area contributed by atoms with Gasteiger partial charge in [-0.1, -0.05) is 6.42 Å². The first kappa shape index (κ1) is 13.0. The van der Waals surface area contributed by atoms with Gasteiger partial charge in [-0.05, 0) is 38.3 Å². The van der Waals surface area contributed by atoms with Crippen LogP contribution in [0.2, 0.25) is 0 Å². The number of likely N-dealkylation sites (tertiary alicyclic amines) is 1. The average molecular weight is 287 g/mol. The molecule has 0 N–H and O–H groups in total. The summed E-state index contributed by atoms with van der Waals surface area (Å²) in [5.41, 5.74) is 0. The van der Waals surface area contributed by atoms with Gasteiger partial charge in [-0.2, -0.15) is 5.10 Å². The van der Waals surface area contributed by atoms with E-state index in [9.17, 15) is 0 Å². The molecule has 2 aromatic heterocycles. The van der Waals surface area contributed by atoms with Crippen molar-refractivity contribution in [3.8, 4) is 0 Å². The lowest BCUT2D eigenvalue weighted by Gasteiger charge is -2.34. The van der Waals surface area contributed by atoms with Crippen LogP contribution in [0.15, 0.2) is 22.9 Å². The van der Waals surface area contributed by atoms with Gasteiger partial charge in [-0.3, -0.25) is 9.58 Å². The summed E-state index contributed by atoms with van der Waals surface area (Å²) in [6, 6.07) is 2.49. The van der Waals surface area contributed by atoms with Gasteiger partial charge in [0, 0.05) is 24.4 Å². The van der Waals surface area contributed by atoms with E-state index in [2.05, 4.69) is 20.2 Å². The lowest BCUT2D eigenvalue weighted by molar-refractivity contribution is 0.110. The predicted molar refractivity (Wildman–Crippen MR) is 76.5 cm³/mol. The highest BCUT2D eigenvalue weighted by Crippen LogP contribution is 2.39. The molecule has 0 amide bonds. The van der Waals surface area contributed by atoms with Gasteiger partial charge in [-0.25, -0.2) is 0 Å². The Balaban J connectivity index is 1.42. The molecule has 2 aliphatic rings. The highest BCUT2D eigenvalue weighted by molar-refractivity contribution is 5.00. The fraction of sp³-hybridized carbons (Fsp3) is 0.667. The quantitative estimate of drug-likeness (QED) is 0.843. The van der Waals surface area contributed by atoms with E-state index in [4.69, 9.17) is 4.42 Å². The van der Waals surface area contributed by atoms with Crippen LogP contribution in [0.4, 0.5) is 0 Å². The van der Waals surface area contributed by atoms with Crippen LogP contribution in [-0.4, -0.2) is 37.5 Å². The number of nitrogens with zero attached hydrogens (tertiary/aromatic N) is 5. The SMILES string of the molecule is c1cnn(C[C@H]2CCCCN2Cc2nnc(C3CC3)o2)c1. The Morgan fingerprint density at radius 1 is 1.19 bits per heavy atom. The molecule has 3 heterocycles. The summed E-state index contributed by atoms with van der Waals surface area (Å²) in [6.07, 6.45) is 10.0. The first-order chi connectivity index (χ1) is 10.4. The highest BCUT2D eigenvalue weighted by atomic mass is 16.4. The number of rotatable bonds is 5. The minimum absolute atomic E-state index is 0.509. The van der Waals surface area contributed by atoms with E-state index in [-0.39, 0.29) is 0 Å². The van der Waals surface area contributed by atoms with Gasteiger partial charge < -0.3 is 4.42 Å². The van der Waals surface area contributed by atoms with Crippen LogP contribution in [0.5, 0.6) is 0 Å². The van der Waals surface area contributed by atoms with E-state index >= 15 is 0 Å². The van der Waals surface area contributed by atoms with Crippen molar-refractivity contribution in [2.45, 2.75) is 57.2 Å². The summed E-state index contributed by atoms with van der Waals surface area (Å²) < 4.78 is 7.83. The van der Waals surface area contributed by atoms with Crippen LogP contribution in [0, 0.1) is 0 Å². The van der Waals surface area contributed by atoms with Crippen LogP contribution >= 0.6 is 0 Å². The number of hydrogen-bond acceptors (Lipinski definition) is 5. The Morgan fingerprint density at radius 2 is 2.14 bits per heavy atom. The Kier molecular flexibility index (Phi) is 3.47. The van der Waals surface area contributed by atoms with Gasteiger partial charge >= 0.3 is 0 Å². The lowest BCUT2D eigenvalue weighted by atomic mass is 10.0. The Bertz CT molecular complexity index is 575. The molecule has 112 valence electrons. The molecule has 0 unspecified atom stereocenters. The minimum atomic E-state index is 0.509. The molecule has 2 aromatic rings. The van der Waals surface area contributed by atoms with Gasteiger partial charge in [0.05, 0.1) is 13.1 Å². The third kappa shape index (κ3) is 3.00. The Morgan fingerprint density at radius 3 is 2.95 bits per heavy atom. The standard InChI is InChI=1S/C15H21N5O/c1-2-8-19(13(4-1)10-20-9-3-7-16-20)11-14-17-18-15(21-14)12-5-6-12/h3,7,9,12-13H,1-2,4-6,8,10-11H2/t13-/m1/s1. The van der Waals surface area contributed by atoms with Crippen molar-refractivity contribution in [2.24, 2.45) is 0 Å². The van der Waals surface area contributed by atoms with Crippen molar-refractivity contribution >= 4 is 0 Å². The second-order valence-electron chi connectivity index (χ2n) is 6.16. The summed E-state index contributed by atoms with van der Waals surface area (Å²) >= 11 is 0. The van der Waals surface area contributed by atoms with E-state index < -0.39 is 0 Å². The summed E-state index contributed by atoms with van der Waals surface area (Å²) in [5, 5.41) is 12.7. The maximum absolute atomic E-state index is 5.81. The number of hydrogen-bond donors (Lipinski definition) is 0. The zero-order chi connectivity index (χ0) is 14.1. The fourth-order valence-electron chi connectivity index (χ4n) is 3.10. The van der Waals surface area contributed by atoms with Crippen molar-refractivity contribution in [3.05, 3.63) is 30.2 Å². The van der Waals surface area contributed by atoms with Gasteiger partial charge in [0.1, 0.15) is 0 Å². The van der Waals surface area contributed by atoms with Gasteiger partial charge in [-0.15, -0.1) is 10.2 Å². The largest absolute Gasteiger partial charge is 0.424 e. The lowest BCUT2D eigenvalue weighted by Crippen LogP contribution is -2.41. The maximum Gasteiger partial charge on any atom is 0.230 e. The van der Waals surface area contributed by atoms with Crippen LogP contribution in [0.1, 0.15) is 49.8 Å². The second kappa shape index (κ2) is 5.60. The molecular weight excluding hydrogens is 266 g/mol. The van der Waals surface area contributed by atoms with E-state index in [1.165, 1.54) is 32.1 Å². The van der Waals surface area contributed by atoms with Crippen LogP contribution in [-0.2, 0) is 13.1 Å². The summed E-state index contributed by atoms with van der Waals surface area (Å²) in [6.45, 7) is 2.81. The molecule has 6 heteroatoms. The van der Waals surface area contributed by atoms with Crippen molar-refractivity contribution in [1.82, 2.24) is 24.9 Å². The topological polar surface area (TPSA) is 60.0 Å². The molecule has 1 atom stereocenters. The summed E-state index contributed by atoms with van der Waals surface area (Å²) in [7, 11) is 0. The zero-order valence-electron chi connectivity index (χ0n) is 12.2. The molecule has 4 rings (SSSR count). The third-order valence-electron chi connectivity index (χ3n) is 4.45. The number of aromatic nitrogens is 4. The molecule has 6 nitrogen and oxygen atoms in total. The molecule has 1 saturated carbocycles. The Labute approximate surface area is 124 Å². The molecule has 1 saturated heterocycles. The molecular formula is C15H21N5O. The fourth-order valence-corrected chi connectivity index (χ4v) is 3.10. The van der Waals surface area contributed by atoms with Crippen molar-refractivity contribution in [3.63, 3.8) is 0 Å². The predicted octanol–water partition coefficient (Wildman–Crippen LogP) is 2.20. The Hall–Kier alpha value is -1.69. The molecule has 1 aliphatic heterocycles. The molecule has 0 bridgehead atoms. The highest BCUT2D eigenvalue weighted by Gasteiger charge is 2.30. The number of piperidine rings is 1. The normalized spacial score (nSPS) is 23.5. The van der Waals surface area contributed by atoms with Crippen LogP contribution in [0.25, 0.3) is 0 Å². The third-order valence-corrected chi connectivity index (χ3v) is 4.45. The molecule has 2 fully saturated rings. The first-order valence-electron chi connectivity index (χ1n) is 7.92. The van der Waals surface area contributed by atoms with E-state index in [0.29, 0.717) is 12.0 Å². The van der Waals surface area contributed by atoms with Crippen LogP contribution in [0.3, 0.4) is 0 Å². The van der Waals surface area contributed by atoms with Crippen molar-refractivity contribution in [1.29, 1.82) is 0 Å². The summed E-state index contributed by atoms with van der Waals surface area (Å²) in [5.74, 6) is 2.14. The van der Waals surface area contributed by atoms with Gasteiger partial charge in [0.2, 0.25) is 11.8 Å². The van der Waals surface area contributed by atoms with Crippen molar-refractivity contribution < 1.29 is 4.42 Å². The second-order valence-corrected chi connectivity index (χ2v) is 6.16. The van der Waals surface area contributed by atoms with Gasteiger partial charge in [0.15, 0.2) is 0 Å². The minimum Gasteiger partial charge on any atom is -0.424 e. The van der Waals surface area contributed by atoms with Crippen molar-refractivity contribution in [2.75, 3.05) is 6.54 Å². The monoisotopic (exact) mass is 287 g/mol. The smallest absolute Gasteiger partial charge is 0.230 e. The maximum atomic E-state index is 5.81. The zero-order valence-corrected chi connectivity index (χ0v) is 12.2.